The molecule has 7 heteroatoms. The van der Waals surface area contributed by atoms with E-state index in [1.54, 1.807) is 38.6 Å². The Hall–Kier alpha value is -3.48. The number of benzene rings is 2. The molecular formula is C22H25N3O4. The highest BCUT2D eigenvalue weighted by Crippen LogP contribution is 2.29. The number of carbonyl (C=O) groups excluding carboxylic acids is 1. The predicted octanol–water partition coefficient (Wildman–Crippen LogP) is 3.36. The summed E-state index contributed by atoms with van der Waals surface area (Å²) in [5.41, 5.74) is 1.33. The molecule has 1 unspecified atom stereocenters. The molecule has 0 aliphatic carbocycles. The highest BCUT2D eigenvalue weighted by molar-refractivity contribution is 5.95. The lowest BCUT2D eigenvalue weighted by molar-refractivity contribution is 0.0940. The average Bonchev–Trinajstić information content (AvgIpc) is 3.17. The van der Waals surface area contributed by atoms with Crippen LogP contribution in [0.1, 0.15) is 34.7 Å². The fourth-order valence-corrected chi connectivity index (χ4v) is 3.07. The number of carbonyl (C=O) groups is 1. The van der Waals surface area contributed by atoms with Gasteiger partial charge in [-0.2, -0.15) is 0 Å². The summed E-state index contributed by atoms with van der Waals surface area (Å²) in [6.45, 7) is 2.41. The lowest BCUT2D eigenvalue weighted by Gasteiger charge is -2.20. The van der Waals surface area contributed by atoms with Gasteiger partial charge in [-0.25, -0.2) is 4.98 Å². The van der Waals surface area contributed by atoms with Crippen LogP contribution in [0.25, 0.3) is 0 Å². The lowest BCUT2D eigenvalue weighted by Crippen LogP contribution is -2.31. The number of amides is 1. The quantitative estimate of drug-likeness (QED) is 0.633. The standard InChI is InChI=1S/C22H25N3O4/c1-5-29-18-10-9-16(14-19(18)28-4)22(26)24-20(21-23-11-12-25(21)2)15-7-6-8-17(13-15)27-3/h6-14,20H,5H2,1-4H3,(H,24,26). The second-order valence-electron chi connectivity index (χ2n) is 6.38. The van der Waals surface area contributed by atoms with E-state index in [2.05, 4.69) is 10.3 Å². The van der Waals surface area contributed by atoms with Crippen LogP contribution in [0.3, 0.4) is 0 Å². The van der Waals surface area contributed by atoms with Gasteiger partial charge in [-0.15, -0.1) is 0 Å². The third kappa shape index (κ3) is 4.51. The molecule has 3 rings (SSSR count). The van der Waals surface area contributed by atoms with Crippen LogP contribution < -0.4 is 19.5 Å². The minimum Gasteiger partial charge on any atom is -0.497 e. The molecule has 2 aromatic carbocycles. The maximum absolute atomic E-state index is 13.1. The Morgan fingerprint density at radius 3 is 2.62 bits per heavy atom. The topological polar surface area (TPSA) is 74.6 Å². The summed E-state index contributed by atoms with van der Waals surface area (Å²) in [5, 5.41) is 3.07. The molecule has 3 aromatic rings. The first-order valence-corrected chi connectivity index (χ1v) is 9.30. The number of hydrogen-bond acceptors (Lipinski definition) is 5. The van der Waals surface area contributed by atoms with Crippen LogP contribution in [0.15, 0.2) is 54.9 Å². The van der Waals surface area contributed by atoms with E-state index in [-0.39, 0.29) is 5.91 Å². The molecule has 0 saturated carbocycles. The Bertz CT molecular complexity index is 984. The van der Waals surface area contributed by atoms with E-state index < -0.39 is 6.04 Å². The van der Waals surface area contributed by atoms with Gasteiger partial charge in [-0.1, -0.05) is 12.1 Å². The molecule has 1 aromatic heterocycles. The lowest BCUT2D eigenvalue weighted by atomic mass is 10.0. The second kappa shape index (κ2) is 9.14. The largest absolute Gasteiger partial charge is 0.497 e. The molecule has 1 N–H and O–H groups in total. The van der Waals surface area contributed by atoms with Gasteiger partial charge in [0.2, 0.25) is 0 Å². The van der Waals surface area contributed by atoms with Crippen molar-refractivity contribution in [3.63, 3.8) is 0 Å². The average molecular weight is 395 g/mol. The minimum absolute atomic E-state index is 0.248. The Morgan fingerprint density at radius 1 is 1.14 bits per heavy atom. The molecule has 0 radical (unpaired) electrons. The molecular weight excluding hydrogens is 370 g/mol. The van der Waals surface area contributed by atoms with Crippen molar-refractivity contribution in [2.45, 2.75) is 13.0 Å². The fourth-order valence-electron chi connectivity index (χ4n) is 3.07. The van der Waals surface area contributed by atoms with Crippen LogP contribution in [0, 0.1) is 0 Å². The van der Waals surface area contributed by atoms with Crippen LogP contribution in [0.4, 0.5) is 0 Å². The third-order valence-electron chi connectivity index (χ3n) is 4.54. The Morgan fingerprint density at radius 2 is 1.97 bits per heavy atom. The summed E-state index contributed by atoms with van der Waals surface area (Å²) in [6.07, 6.45) is 3.54. The molecule has 1 heterocycles. The molecule has 0 bridgehead atoms. The number of nitrogens with zero attached hydrogens (tertiary/aromatic N) is 2. The van der Waals surface area contributed by atoms with Crippen LogP contribution >= 0.6 is 0 Å². The van der Waals surface area contributed by atoms with Crippen molar-refractivity contribution in [2.24, 2.45) is 7.05 Å². The van der Waals surface area contributed by atoms with Crippen molar-refractivity contribution < 1.29 is 19.0 Å². The smallest absolute Gasteiger partial charge is 0.252 e. The Labute approximate surface area is 170 Å². The zero-order valence-electron chi connectivity index (χ0n) is 17.0. The number of aryl methyl sites for hydroxylation is 1. The molecule has 0 saturated heterocycles. The van der Waals surface area contributed by atoms with Crippen molar-refractivity contribution in [3.05, 3.63) is 71.8 Å². The summed E-state index contributed by atoms with van der Waals surface area (Å²) >= 11 is 0. The molecule has 29 heavy (non-hydrogen) atoms. The van der Waals surface area contributed by atoms with Gasteiger partial charge in [0, 0.05) is 25.0 Å². The van der Waals surface area contributed by atoms with Crippen LogP contribution in [0.2, 0.25) is 0 Å². The summed E-state index contributed by atoms with van der Waals surface area (Å²) in [5.74, 6) is 2.28. The molecule has 7 nitrogen and oxygen atoms in total. The Balaban J connectivity index is 1.94. The van der Waals surface area contributed by atoms with Gasteiger partial charge in [0.25, 0.3) is 5.91 Å². The van der Waals surface area contributed by atoms with Crippen molar-refractivity contribution in [1.29, 1.82) is 0 Å². The van der Waals surface area contributed by atoms with E-state index in [9.17, 15) is 4.79 Å². The maximum Gasteiger partial charge on any atom is 0.252 e. The summed E-state index contributed by atoms with van der Waals surface area (Å²) in [6, 6.07) is 12.2. The SMILES string of the molecule is CCOc1ccc(C(=O)NC(c2cccc(OC)c2)c2nccn2C)cc1OC. The van der Waals surface area contributed by atoms with E-state index in [1.165, 1.54) is 0 Å². The molecule has 0 aliphatic rings. The monoisotopic (exact) mass is 395 g/mol. The predicted molar refractivity (Wildman–Crippen MR) is 110 cm³/mol. The molecule has 0 spiro atoms. The van der Waals surface area contributed by atoms with E-state index in [0.29, 0.717) is 35.2 Å². The highest BCUT2D eigenvalue weighted by Gasteiger charge is 2.22. The van der Waals surface area contributed by atoms with E-state index in [1.807, 2.05) is 49.0 Å². The van der Waals surface area contributed by atoms with Gasteiger partial charge in [-0.05, 0) is 42.8 Å². The first kappa shape index (κ1) is 20.3. The number of methoxy groups -OCH3 is 2. The van der Waals surface area contributed by atoms with E-state index in [0.717, 1.165) is 5.56 Å². The number of ether oxygens (including phenoxy) is 3. The van der Waals surface area contributed by atoms with Gasteiger partial charge < -0.3 is 24.1 Å². The van der Waals surface area contributed by atoms with E-state index in [4.69, 9.17) is 14.2 Å². The molecule has 1 atom stereocenters. The summed E-state index contributed by atoms with van der Waals surface area (Å²) in [4.78, 5) is 17.5. The van der Waals surface area contributed by atoms with E-state index >= 15 is 0 Å². The van der Waals surface area contributed by atoms with Crippen molar-refractivity contribution in [2.75, 3.05) is 20.8 Å². The number of rotatable bonds is 8. The van der Waals surface area contributed by atoms with Gasteiger partial charge >= 0.3 is 0 Å². The maximum atomic E-state index is 13.1. The summed E-state index contributed by atoms with van der Waals surface area (Å²) in [7, 11) is 5.05. The fraction of sp³-hybridized carbons (Fsp3) is 0.273. The van der Waals surface area contributed by atoms with Crippen molar-refractivity contribution in [3.8, 4) is 17.2 Å². The molecule has 0 aliphatic heterocycles. The zero-order valence-corrected chi connectivity index (χ0v) is 17.0. The molecule has 152 valence electrons. The molecule has 1 amide bonds. The van der Waals surface area contributed by atoms with Gasteiger partial charge in [0.15, 0.2) is 11.5 Å². The summed E-state index contributed by atoms with van der Waals surface area (Å²) < 4.78 is 18.1. The second-order valence-corrected chi connectivity index (χ2v) is 6.38. The molecule has 0 fully saturated rings. The zero-order chi connectivity index (χ0) is 20.8. The van der Waals surface area contributed by atoms with Gasteiger partial charge in [-0.3, -0.25) is 4.79 Å². The third-order valence-corrected chi connectivity index (χ3v) is 4.54. The normalized spacial score (nSPS) is 11.6. The number of imidazole rings is 1. The number of nitrogens with one attached hydrogen (secondary N) is 1. The van der Waals surface area contributed by atoms with Gasteiger partial charge in [0.05, 0.1) is 20.8 Å². The van der Waals surface area contributed by atoms with Gasteiger partial charge in [0.1, 0.15) is 17.6 Å². The van der Waals surface area contributed by atoms with Crippen LogP contribution in [-0.4, -0.2) is 36.3 Å². The van der Waals surface area contributed by atoms with Crippen molar-refractivity contribution in [1.82, 2.24) is 14.9 Å². The number of aromatic nitrogens is 2. The first-order chi connectivity index (χ1) is 14.1. The number of hydrogen-bond donors (Lipinski definition) is 1. The Kier molecular flexibility index (Phi) is 6.39. The van der Waals surface area contributed by atoms with Crippen LogP contribution in [0.5, 0.6) is 17.2 Å². The highest BCUT2D eigenvalue weighted by atomic mass is 16.5. The minimum atomic E-state index is -0.449. The first-order valence-electron chi connectivity index (χ1n) is 9.30. The van der Waals surface area contributed by atoms with Crippen molar-refractivity contribution >= 4 is 5.91 Å². The van der Waals surface area contributed by atoms with Crippen LogP contribution in [-0.2, 0) is 7.05 Å².